The maximum absolute atomic E-state index is 12.2. The van der Waals surface area contributed by atoms with Crippen molar-refractivity contribution in [2.24, 2.45) is 5.73 Å². The number of benzene rings is 1. The number of primary amides is 1. The van der Waals surface area contributed by atoms with Gasteiger partial charge in [-0.3, -0.25) is 14.5 Å². The van der Waals surface area contributed by atoms with E-state index in [1.807, 2.05) is 35.2 Å². The molecule has 1 heterocycles. The number of aliphatic hydroxyl groups excluding tert-OH is 1. The number of nitrogens with one attached hydrogen (secondary N) is 1. The minimum atomic E-state index is -0.571. The Kier molecular flexibility index (Phi) is 6.28. The third kappa shape index (κ3) is 5.17. The summed E-state index contributed by atoms with van der Waals surface area (Å²) < 4.78 is 0. The van der Waals surface area contributed by atoms with Crippen LogP contribution in [0.2, 0.25) is 0 Å². The van der Waals surface area contributed by atoms with E-state index >= 15 is 0 Å². The average molecular weight is 333 g/mol. The maximum Gasteiger partial charge on any atom is 0.251 e. The topological polar surface area (TPSA) is 95.7 Å². The van der Waals surface area contributed by atoms with Gasteiger partial charge in [0.15, 0.2) is 0 Å². The van der Waals surface area contributed by atoms with Crippen LogP contribution in [0.25, 0.3) is 0 Å². The Balaban J connectivity index is 1.97. The number of hydrogen-bond acceptors (Lipinski definition) is 5. The van der Waals surface area contributed by atoms with Crippen LogP contribution in [-0.4, -0.2) is 41.5 Å². The number of carbonyl (C=O) groups is 2. The molecule has 0 fully saturated rings. The predicted molar refractivity (Wildman–Crippen MR) is 90.3 cm³/mol. The third-order valence-corrected chi connectivity index (χ3v) is 4.05. The lowest BCUT2D eigenvalue weighted by Gasteiger charge is -2.20. The van der Waals surface area contributed by atoms with Crippen molar-refractivity contribution in [2.45, 2.75) is 6.54 Å². The second kappa shape index (κ2) is 8.42. The lowest BCUT2D eigenvalue weighted by atomic mass is 10.2. The zero-order chi connectivity index (χ0) is 16.7. The minimum absolute atomic E-state index is 0.0361. The van der Waals surface area contributed by atoms with Crippen molar-refractivity contribution in [3.8, 4) is 0 Å². The second-order valence-electron chi connectivity index (χ2n) is 5.00. The molecular weight excluding hydrogens is 314 g/mol. The summed E-state index contributed by atoms with van der Waals surface area (Å²) >= 11 is 1.25. The Morgan fingerprint density at radius 3 is 2.61 bits per heavy atom. The number of rotatable bonds is 8. The standard InChI is InChI=1S/C16H19N3O3S/c17-15(22)13-6-9-23-16(13)18-14(21)11-19(7-8-20)10-12-4-2-1-3-5-12/h1-6,9,20H,7-8,10-11H2,(H2,17,22)(H,18,21). The van der Waals surface area contributed by atoms with Crippen LogP contribution in [0.3, 0.4) is 0 Å². The number of aliphatic hydroxyl groups is 1. The van der Waals surface area contributed by atoms with Gasteiger partial charge in [-0.2, -0.15) is 0 Å². The minimum Gasteiger partial charge on any atom is -0.395 e. The van der Waals surface area contributed by atoms with Crippen molar-refractivity contribution >= 4 is 28.2 Å². The molecule has 122 valence electrons. The number of thiophene rings is 1. The molecule has 2 aromatic rings. The lowest BCUT2D eigenvalue weighted by Crippen LogP contribution is -2.35. The summed E-state index contributed by atoms with van der Waals surface area (Å²) in [6.07, 6.45) is 0. The van der Waals surface area contributed by atoms with Gasteiger partial charge in [-0.15, -0.1) is 11.3 Å². The van der Waals surface area contributed by atoms with E-state index in [0.717, 1.165) is 5.56 Å². The molecule has 0 unspecified atom stereocenters. The third-order valence-electron chi connectivity index (χ3n) is 3.22. The highest BCUT2D eigenvalue weighted by molar-refractivity contribution is 7.14. The summed E-state index contributed by atoms with van der Waals surface area (Å²) in [5.41, 5.74) is 6.62. The van der Waals surface area contributed by atoms with E-state index in [4.69, 9.17) is 10.8 Å². The molecule has 0 bridgehead atoms. The first-order valence-corrected chi connectivity index (χ1v) is 8.02. The number of nitrogens with two attached hydrogens (primary N) is 1. The van der Waals surface area contributed by atoms with E-state index in [-0.39, 0.29) is 19.1 Å². The first kappa shape index (κ1) is 17.1. The maximum atomic E-state index is 12.2. The monoisotopic (exact) mass is 333 g/mol. The quantitative estimate of drug-likeness (QED) is 0.678. The highest BCUT2D eigenvalue weighted by Gasteiger charge is 2.15. The molecule has 23 heavy (non-hydrogen) atoms. The highest BCUT2D eigenvalue weighted by Crippen LogP contribution is 2.22. The average Bonchev–Trinajstić information content (AvgIpc) is 2.96. The van der Waals surface area contributed by atoms with Crippen LogP contribution in [-0.2, 0) is 11.3 Å². The highest BCUT2D eigenvalue weighted by atomic mass is 32.1. The van der Waals surface area contributed by atoms with Crippen molar-refractivity contribution in [3.63, 3.8) is 0 Å². The summed E-state index contributed by atoms with van der Waals surface area (Å²) in [5, 5.41) is 14.0. The summed E-state index contributed by atoms with van der Waals surface area (Å²) in [7, 11) is 0. The van der Waals surface area contributed by atoms with E-state index in [2.05, 4.69) is 5.32 Å². The first-order chi connectivity index (χ1) is 11.1. The summed E-state index contributed by atoms with van der Waals surface area (Å²) in [6, 6.07) is 11.3. The fourth-order valence-corrected chi connectivity index (χ4v) is 2.97. The molecule has 6 nitrogen and oxygen atoms in total. The van der Waals surface area contributed by atoms with Gasteiger partial charge in [0.25, 0.3) is 5.91 Å². The number of amides is 2. The van der Waals surface area contributed by atoms with Crippen LogP contribution in [0.4, 0.5) is 5.00 Å². The number of anilines is 1. The predicted octanol–water partition coefficient (Wildman–Crippen LogP) is 1.28. The fourth-order valence-electron chi connectivity index (χ4n) is 2.17. The van der Waals surface area contributed by atoms with Crippen molar-refractivity contribution in [1.82, 2.24) is 4.90 Å². The first-order valence-electron chi connectivity index (χ1n) is 7.14. The second-order valence-corrected chi connectivity index (χ2v) is 5.91. The molecule has 0 atom stereocenters. The molecule has 0 aliphatic carbocycles. The zero-order valence-electron chi connectivity index (χ0n) is 12.6. The van der Waals surface area contributed by atoms with Crippen molar-refractivity contribution < 1.29 is 14.7 Å². The van der Waals surface area contributed by atoms with Crippen molar-refractivity contribution in [2.75, 3.05) is 25.0 Å². The Morgan fingerprint density at radius 2 is 1.96 bits per heavy atom. The molecule has 0 spiro atoms. The van der Waals surface area contributed by atoms with Gasteiger partial charge in [-0.25, -0.2) is 0 Å². The number of carbonyl (C=O) groups excluding carboxylic acids is 2. The van der Waals surface area contributed by atoms with Gasteiger partial charge in [-0.05, 0) is 17.0 Å². The Bertz CT molecular complexity index is 658. The molecule has 0 aliphatic heterocycles. The normalized spacial score (nSPS) is 10.7. The number of nitrogens with zero attached hydrogens (tertiary/aromatic N) is 1. The zero-order valence-corrected chi connectivity index (χ0v) is 13.4. The van der Waals surface area contributed by atoms with Crippen LogP contribution in [0, 0.1) is 0 Å². The lowest BCUT2D eigenvalue weighted by molar-refractivity contribution is -0.117. The molecule has 7 heteroatoms. The Morgan fingerprint density at radius 1 is 1.22 bits per heavy atom. The smallest absolute Gasteiger partial charge is 0.251 e. The molecule has 2 rings (SSSR count). The van der Waals surface area contributed by atoms with E-state index in [9.17, 15) is 9.59 Å². The van der Waals surface area contributed by atoms with Crippen LogP contribution in [0.1, 0.15) is 15.9 Å². The van der Waals surface area contributed by atoms with Gasteiger partial charge < -0.3 is 16.2 Å². The van der Waals surface area contributed by atoms with E-state index in [1.54, 1.807) is 11.4 Å². The molecule has 1 aromatic heterocycles. The van der Waals surface area contributed by atoms with Crippen LogP contribution >= 0.6 is 11.3 Å². The molecule has 0 saturated carbocycles. The van der Waals surface area contributed by atoms with Gasteiger partial charge in [0.1, 0.15) is 5.00 Å². The molecule has 0 radical (unpaired) electrons. The van der Waals surface area contributed by atoms with Gasteiger partial charge in [0.2, 0.25) is 5.91 Å². The molecule has 4 N–H and O–H groups in total. The van der Waals surface area contributed by atoms with Gasteiger partial charge in [0.05, 0.1) is 18.7 Å². The van der Waals surface area contributed by atoms with E-state index in [0.29, 0.717) is 23.7 Å². The van der Waals surface area contributed by atoms with E-state index in [1.165, 1.54) is 11.3 Å². The summed E-state index contributed by atoms with van der Waals surface area (Å²) in [4.78, 5) is 25.3. The van der Waals surface area contributed by atoms with Gasteiger partial charge >= 0.3 is 0 Å². The molecule has 0 saturated heterocycles. The molecule has 0 aliphatic rings. The van der Waals surface area contributed by atoms with Crippen LogP contribution < -0.4 is 11.1 Å². The molecular formula is C16H19N3O3S. The summed E-state index contributed by atoms with van der Waals surface area (Å²) in [6.45, 7) is 1.02. The van der Waals surface area contributed by atoms with Gasteiger partial charge in [-0.1, -0.05) is 30.3 Å². The fraction of sp³-hybridized carbons (Fsp3) is 0.250. The van der Waals surface area contributed by atoms with Gasteiger partial charge in [0, 0.05) is 13.1 Å². The Hall–Kier alpha value is -2.22. The number of hydrogen-bond donors (Lipinski definition) is 3. The SMILES string of the molecule is NC(=O)c1ccsc1NC(=O)CN(CCO)Cc1ccccc1. The van der Waals surface area contributed by atoms with Crippen molar-refractivity contribution in [3.05, 3.63) is 52.9 Å². The van der Waals surface area contributed by atoms with Crippen LogP contribution in [0.5, 0.6) is 0 Å². The Labute approximate surface area is 138 Å². The summed E-state index contributed by atoms with van der Waals surface area (Å²) in [5.74, 6) is -0.822. The molecule has 2 amide bonds. The van der Waals surface area contributed by atoms with Crippen molar-refractivity contribution in [1.29, 1.82) is 0 Å². The van der Waals surface area contributed by atoms with E-state index < -0.39 is 5.91 Å². The molecule has 1 aromatic carbocycles. The van der Waals surface area contributed by atoms with Crippen LogP contribution in [0.15, 0.2) is 41.8 Å². The largest absolute Gasteiger partial charge is 0.395 e.